The molecule has 0 saturated heterocycles. The second kappa shape index (κ2) is 7.77. The third-order valence-corrected chi connectivity index (χ3v) is 4.41. The molecule has 8 heteroatoms. The van der Waals surface area contributed by atoms with Gasteiger partial charge in [0.15, 0.2) is 0 Å². The molecule has 0 spiro atoms. The molecule has 0 radical (unpaired) electrons. The zero-order valence-electron chi connectivity index (χ0n) is 13.0. The summed E-state index contributed by atoms with van der Waals surface area (Å²) in [5.74, 6) is -0.212. The molecule has 0 fully saturated rings. The smallest absolute Gasteiger partial charge is 0.232 e. The molecule has 3 N–H and O–H groups in total. The molecule has 0 aromatic heterocycles. The number of nitrogens with zero attached hydrogens (tertiary/aromatic N) is 1. The van der Waals surface area contributed by atoms with Gasteiger partial charge in [-0.25, -0.2) is 4.21 Å². The van der Waals surface area contributed by atoms with Crippen LogP contribution in [0, 0.1) is 6.92 Å². The maximum Gasteiger partial charge on any atom is 0.232 e. The number of amides is 1. The lowest BCUT2D eigenvalue weighted by Crippen LogP contribution is -2.55. The van der Waals surface area contributed by atoms with Crippen LogP contribution in [0.4, 0.5) is 0 Å². The van der Waals surface area contributed by atoms with E-state index in [1.807, 2.05) is 19.1 Å². The van der Waals surface area contributed by atoms with Crippen molar-refractivity contribution < 1.29 is 13.6 Å². The maximum atomic E-state index is 12.2. The van der Waals surface area contributed by atoms with Crippen molar-refractivity contribution in [3.05, 3.63) is 35.4 Å². The van der Waals surface area contributed by atoms with Crippen molar-refractivity contribution in [3.8, 4) is 0 Å². The fourth-order valence-corrected chi connectivity index (χ4v) is 2.94. The summed E-state index contributed by atoms with van der Waals surface area (Å²) in [4.78, 5) is 13.9. The molecule has 1 aromatic carbocycles. The van der Waals surface area contributed by atoms with E-state index in [4.69, 9.17) is 12.2 Å². The number of rotatable bonds is 6. The van der Waals surface area contributed by atoms with Gasteiger partial charge in [0.05, 0.1) is 6.42 Å². The second-order valence-corrected chi connectivity index (χ2v) is 6.28. The Labute approximate surface area is 138 Å². The van der Waals surface area contributed by atoms with E-state index in [0.29, 0.717) is 5.56 Å². The minimum absolute atomic E-state index is 0.0744. The number of hydrogen-bond acceptors (Lipinski definition) is 3. The number of hydrogen-bond donors (Lipinski definition) is 3. The Kier molecular flexibility index (Phi) is 6.61. The summed E-state index contributed by atoms with van der Waals surface area (Å²) in [7, 11) is 4.87. The summed E-state index contributed by atoms with van der Waals surface area (Å²) in [6.45, 7) is 1.93. The minimum Gasteiger partial charge on any atom is -0.381 e. The lowest BCUT2D eigenvalue weighted by molar-refractivity contribution is -0.129. The van der Waals surface area contributed by atoms with Gasteiger partial charge in [0.25, 0.3) is 0 Å². The van der Waals surface area contributed by atoms with Crippen molar-refractivity contribution in [2.45, 2.75) is 18.9 Å². The van der Waals surface area contributed by atoms with Crippen LogP contribution in [0.5, 0.6) is 0 Å². The molecule has 2 atom stereocenters. The Morgan fingerprint density at radius 2 is 1.91 bits per heavy atom. The van der Waals surface area contributed by atoms with Crippen LogP contribution >= 0.6 is 12.2 Å². The van der Waals surface area contributed by atoms with Crippen LogP contribution in [0.2, 0.25) is 0 Å². The van der Waals surface area contributed by atoms with Gasteiger partial charge in [-0.15, -0.1) is 0 Å². The Morgan fingerprint density at radius 1 is 1.36 bits per heavy atom. The SMILES string of the molecule is CNC(=S)C(CC(=O)N(C)C)(NS(=O)O)c1ccc(C)cc1. The number of carbonyl (C=O) groups excluding carboxylic acids is 1. The van der Waals surface area contributed by atoms with E-state index in [1.165, 1.54) is 4.90 Å². The molecule has 122 valence electrons. The van der Waals surface area contributed by atoms with Crippen molar-refractivity contribution >= 4 is 34.4 Å². The standard InChI is InChI=1S/C14H21N3O3S2/c1-10-5-7-11(8-6-10)14(13(21)15-2,16-22(19)20)9-12(18)17(3)4/h5-8,16H,9H2,1-4H3,(H,15,21)(H,19,20). The third kappa shape index (κ3) is 4.33. The molecule has 1 amide bonds. The highest BCUT2D eigenvalue weighted by molar-refractivity contribution is 7.80. The summed E-state index contributed by atoms with van der Waals surface area (Å²) >= 11 is 3.00. The predicted molar refractivity (Wildman–Crippen MR) is 91.7 cm³/mol. The van der Waals surface area contributed by atoms with E-state index >= 15 is 0 Å². The number of thiocarbonyl (C=S) groups is 1. The highest BCUT2D eigenvalue weighted by Crippen LogP contribution is 2.28. The fourth-order valence-electron chi connectivity index (χ4n) is 2.04. The normalized spacial score (nSPS) is 14.8. The van der Waals surface area contributed by atoms with Gasteiger partial charge in [-0.3, -0.25) is 9.35 Å². The first kappa shape index (κ1) is 18.7. The number of nitrogens with one attached hydrogen (secondary N) is 2. The Hall–Kier alpha value is -1.35. The van der Waals surface area contributed by atoms with Crippen molar-refractivity contribution in [2.24, 2.45) is 0 Å². The molecule has 1 aromatic rings. The van der Waals surface area contributed by atoms with Gasteiger partial charge in [0, 0.05) is 21.1 Å². The van der Waals surface area contributed by atoms with Gasteiger partial charge in [0.2, 0.25) is 17.2 Å². The summed E-state index contributed by atoms with van der Waals surface area (Å²) in [5, 5.41) is 2.82. The molecule has 6 nitrogen and oxygen atoms in total. The second-order valence-electron chi connectivity index (χ2n) is 5.17. The highest BCUT2D eigenvalue weighted by Gasteiger charge is 2.40. The third-order valence-electron chi connectivity index (χ3n) is 3.34. The van der Waals surface area contributed by atoms with Gasteiger partial charge in [-0.1, -0.05) is 42.0 Å². The average molecular weight is 343 g/mol. The first-order chi connectivity index (χ1) is 10.2. The number of carbonyl (C=O) groups is 1. The first-order valence-electron chi connectivity index (χ1n) is 6.61. The van der Waals surface area contributed by atoms with Crippen LogP contribution in [-0.2, 0) is 21.6 Å². The number of aryl methyl sites for hydroxylation is 1. The molecule has 22 heavy (non-hydrogen) atoms. The van der Waals surface area contributed by atoms with Crippen molar-refractivity contribution in [3.63, 3.8) is 0 Å². The van der Waals surface area contributed by atoms with Crippen molar-refractivity contribution in [2.75, 3.05) is 21.1 Å². The summed E-state index contributed by atoms with van der Waals surface area (Å²) in [5.41, 5.74) is 0.436. The minimum atomic E-state index is -2.34. The zero-order valence-corrected chi connectivity index (χ0v) is 14.7. The van der Waals surface area contributed by atoms with Gasteiger partial charge in [-0.05, 0) is 12.5 Å². The van der Waals surface area contributed by atoms with Crippen LogP contribution in [0.1, 0.15) is 17.5 Å². The van der Waals surface area contributed by atoms with Crippen molar-refractivity contribution in [1.82, 2.24) is 14.9 Å². The fraction of sp³-hybridized carbons (Fsp3) is 0.429. The molecule has 0 aliphatic rings. The van der Waals surface area contributed by atoms with Gasteiger partial charge >= 0.3 is 0 Å². The lowest BCUT2D eigenvalue weighted by Gasteiger charge is -2.34. The summed E-state index contributed by atoms with van der Waals surface area (Å²) in [6, 6.07) is 7.32. The number of likely N-dealkylation sites (N-methyl/N-ethyl adjacent to an activating group) is 1. The van der Waals surface area contributed by atoms with Crippen LogP contribution in [0.25, 0.3) is 0 Å². The number of benzene rings is 1. The first-order valence-corrected chi connectivity index (χ1v) is 8.12. The van der Waals surface area contributed by atoms with E-state index < -0.39 is 16.8 Å². The molecular formula is C14H21N3O3S2. The van der Waals surface area contributed by atoms with Crippen LogP contribution in [-0.4, -0.2) is 45.7 Å². The molecule has 0 aliphatic heterocycles. The van der Waals surface area contributed by atoms with E-state index in [9.17, 15) is 13.6 Å². The monoisotopic (exact) mass is 343 g/mol. The largest absolute Gasteiger partial charge is 0.381 e. The van der Waals surface area contributed by atoms with Gasteiger partial charge < -0.3 is 10.2 Å². The molecule has 2 unspecified atom stereocenters. The summed E-state index contributed by atoms with van der Waals surface area (Å²) in [6.07, 6.45) is -0.0744. The van der Waals surface area contributed by atoms with Crippen molar-refractivity contribution in [1.29, 1.82) is 0 Å². The Morgan fingerprint density at radius 3 is 2.32 bits per heavy atom. The Bertz CT molecular complexity index is 575. The van der Waals surface area contributed by atoms with Crippen LogP contribution in [0.3, 0.4) is 0 Å². The van der Waals surface area contributed by atoms with Crippen LogP contribution in [0.15, 0.2) is 24.3 Å². The van der Waals surface area contributed by atoms with E-state index in [-0.39, 0.29) is 17.3 Å². The topological polar surface area (TPSA) is 81.7 Å². The summed E-state index contributed by atoms with van der Waals surface area (Å²) < 4.78 is 23.3. The highest BCUT2D eigenvalue weighted by atomic mass is 32.2. The zero-order chi connectivity index (χ0) is 16.9. The molecule has 0 bridgehead atoms. The Balaban J connectivity index is 3.43. The molecule has 0 saturated carbocycles. The van der Waals surface area contributed by atoms with Crippen LogP contribution < -0.4 is 10.0 Å². The molecule has 1 rings (SSSR count). The molecule has 0 aliphatic carbocycles. The van der Waals surface area contributed by atoms with Gasteiger partial charge in [-0.2, -0.15) is 4.72 Å². The van der Waals surface area contributed by atoms with E-state index in [2.05, 4.69) is 10.0 Å². The average Bonchev–Trinajstić information content (AvgIpc) is 2.45. The molecule has 0 heterocycles. The lowest BCUT2D eigenvalue weighted by atomic mass is 9.86. The van der Waals surface area contributed by atoms with E-state index in [0.717, 1.165) is 5.56 Å². The van der Waals surface area contributed by atoms with E-state index in [1.54, 1.807) is 33.3 Å². The quantitative estimate of drug-likeness (QED) is 0.529. The molecular weight excluding hydrogens is 322 g/mol. The predicted octanol–water partition coefficient (Wildman–Crippen LogP) is 0.942. The maximum absolute atomic E-state index is 12.2. The van der Waals surface area contributed by atoms with Gasteiger partial charge in [0.1, 0.15) is 10.5 Å².